The monoisotopic (exact) mass is 604 g/mol. The van der Waals surface area contributed by atoms with Gasteiger partial charge in [-0.05, 0) is 29.7 Å². The number of hydrogen-bond acceptors (Lipinski definition) is 7. The van der Waals surface area contributed by atoms with Gasteiger partial charge in [0.25, 0.3) is 11.5 Å². The average Bonchev–Trinajstić information content (AvgIpc) is 3.42. The van der Waals surface area contributed by atoms with Crippen LogP contribution in [0.3, 0.4) is 0 Å². The van der Waals surface area contributed by atoms with Crippen molar-refractivity contribution in [3.05, 3.63) is 109 Å². The van der Waals surface area contributed by atoms with Gasteiger partial charge in [-0.2, -0.15) is 0 Å². The molecule has 0 bridgehead atoms. The van der Waals surface area contributed by atoms with Crippen molar-refractivity contribution in [2.24, 2.45) is 13.0 Å². The third-order valence-corrected chi connectivity index (χ3v) is 8.39. The molecule has 4 N–H and O–H groups in total. The second-order valence-electron chi connectivity index (χ2n) is 10.7. The van der Waals surface area contributed by atoms with Crippen molar-refractivity contribution >= 4 is 29.0 Å². The highest BCUT2D eigenvalue weighted by molar-refractivity contribution is 6.32. The molecule has 1 fully saturated rings. The fraction of sp³-hybridized carbons (Fsp3) is 0.323. The van der Waals surface area contributed by atoms with E-state index in [2.05, 4.69) is 20.9 Å². The van der Waals surface area contributed by atoms with Crippen LogP contribution in [0, 0.1) is 5.92 Å². The predicted molar refractivity (Wildman–Crippen MR) is 163 cm³/mol. The van der Waals surface area contributed by atoms with Gasteiger partial charge in [0, 0.05) is 55.3 Å². The molecule has 2 aromatic heterocycles. The number of halogens is 1. The molecule has 1 aliphatic heterocycles. The number of pyridine rings is 1. The largest absolute Gasteiger partial charge is 0.481 e. The van der Waals surface area contributed by atoms with Gasteiger partial charge in [0.15, 0.2) is 0 Å². The summed E-state index contributed by atoms with van der Waals surface area (Å²) in [4.78, 5) is 57.3. The molecule has 11 nitrogen and oxygen atoms in total. The standard InChI is InChI=1S/C31H33ClN6O5/c1-18-21(22-7-4-5-9-24(22)32)8-6-14-31(18,37-27(40)23-17-34-30(42)38(2)29(23)41)25-12-10-19(28(36-25)43-3)15-33-16-20-11-13-26(39)35-20/h4-10,12,14,17-18,20,33H,11,13,15-16H2,1-3H3,(H,34,42)(H,35,39)(H,37,40)/t18-,20?,31?/m0/s1. The van der Waals surface area contributed by atoms with E-state index in [1.807, 2.05) is 55.5 Å². The summed E-state index contributed by atoms with van der Waals surface area (Å²) in [7, 11) is 2.83. The van der Waals surface area contributed by atoms with E-state index in [9.17, 15) is 19.2 Å². The zero-order valence-electron chi connectivity index (χ0n) is 24.1. The van der Waals surface area contributed by atoms with E-state index in [0.29, 0.717) is 36.1 Å². The number of carbonyl (C=O) groups is 2. The summed E-state index contributed by atoms with van der Waals surface area (Å²) in [6, 6.07) is 11.2. The maximum Gasteiger partial charge on any atom is 0.328 e. The predicted octanol–water partition coefficient (Wildman–Crippen LogP) is 2.41. The quantitative estimate of drug-likeness (QED) is 0.293. The minimum atomic E-state index is -1.23. The molecule has 12 heteroatoms. The van der Waals surface area contributed by atoms with Crippen LogP contribution in [-0.2, 0) is 23.9 Å². The number of rotatable bonds is 9. The van der Waals surface area contributed by atoms with Gasteiger partial charge in [-0.3, -0.25) is 19.0 Å². The minimum Gasteiger partial charge on any atom is -0.481 e. The van der Waals surface area contributed by atoms with Gasteiger partial charge in [-0.15, -0.1) is 0 Å². The lowest BCUT2D eigenvalue weighted by Gasteiger charge is -2.40. The summed E-state index contributed by atoms with van der Waals surface area (Å²) in [5, 5.41) is 9.90. The van der Waals surface area contributed by atoms with E-state index in [-0.39, 0.29) is 17.5 Å². The van der Waals surface area contributed by atoms with Crippen molar-refractivity contribution in [1.29, 1.82) is 0 Å². The van der Waals surface area contributed by atoms with Crippen LogP contribution >= 0.6 is 11.6 Å². The number of ether oxygens (including phenoxy) is 1. The second-order valence-corrected chi connectivity index (χ2v) is 11.1. The topological polar surface area (TPSA) is 147 Å². The Bertz CT molecular complexity index is 1740. The number of nitrogens with one attached hydrogen (secondary N) is 4. The Morgan fingerprint density at radius 2 is 2.00 bits per heavy atom. The van der Waals surface area contributed by atoms with Crippen molar-refractivity contribution in [1.82, 2.24) is 30.5 Å². The summed E-state index contributed by atoms with van der Waals surface area (Å²) >= 11 is 6.59. The first-order chi connectivity index (χ1) is 20.6. The van der Waals surface area contributed by atoms with Gasteiger partial charge in [0.1, 0.15) is 11.1 Å². The molecule has 2 unspecified atom stereocenters. The molecule has 3 atom stereocenters. The van der Waals surface area contributed by atoms with Crippen LogP contribution in [-0.4, -0.2) is 46.0 Å². The Morgan fingerprint density at radius 1 is 1.21 bits per heavy atom. The zero-order chi connectivity index (χ0) is 30.7. The fourth-order valence-corrected chi connectivity index (χ4v) is 5.83. The number of methoxy groups -OCH3 is 1. The molecule has 43 heavy (non-hydrogen) atoms. The number of benzene rings is 1. The molecule has 2 aliphatic rings. The molecule has 0 spiro atoms. The highest BCUT2D eigenvalue weighted by Gasteiger charge is 2.43. The third kappa shape index (κ3) is 5.91. The normalized spacial score (nSPS) is 21.3. The lowest BCUT2D eigenvalue weighted by atomic mass is 9.72. The average molecular weight is 605 g/mol. The Labute approximate surface area is 253 Å². The first kappa shape index (κ1) is 30.0. The molecular weight excluding hydrogens is 572 g/mol. The zero-order valence-corrected chi connectivity index (χ0v) is 24.8. The molecule has 5 rings (SSSR count). The smallest absolute Gasteiger partial charge is 0.328 e. The van der Waals surface area contributed by atoms with E-state index < -0.39 is 28.6 Å². The molecule has 3 aromatic rings. The molecule has 3 heterocycles. The maximum atomic E-state index is 13.7. The van der Waals surface area contributed by atoms with Gasteiger partial charge < -0.3 is 25.7 Å². The Balaban J connectivity index is 1.52. The first-order valence-electron chi connectivity index (χ1n) is 13.9. The lowest BCUT2D eigenvalue weighted by Crippen LogP contribution is -2.52. The number of carbonyl (C=O) groups excluding carboxylic acids is 2. The van der Waals surface area contributed by atoms with Crippen molar-refractivity contribution in [3.8, 4) is 5.88 Å². The maximum absolute atomic E-state index is 13.7. The fourth-order valence-electron chi connectivity index (χ4n) is 5.58. The number of H-pyrrole nitrogens is 1. The molecule has 1 aromatic carbocycles. The number of hydrogen-bond donors (Lipinski definition) is 4. The van der Waals surface area contributed by atoms with Gasteiger partial charge in [-0.1, -0.05) is 61.0 Å². The van der Waals surface area contributed by atoms with Crippen molar-refractivity contribution in [2.45, 2.75) is 37.9 Å². The molecular formula is C31H33ClN6O5. The Hall–Kier alpha value is -4.48. The van der Waals surface area contributed by atoms with E-state index >= 15 is 0 Å². The van der Waals surface area contributed by atoms with Gasteiger partial charge in [-0.25, -0.2) is 9.78 Å². The number of amides is 2. The van der Waals surface area contributed by atoms with Crippen LogP contribution < -0.4 is 31.9 Å². The SMILES string of the molecule is COc1nc(C2(NC(=O)c3c[nH]c(=O)n(C)c3=O)C=CC=C(c3ccccc3Cl)[C@@H]2C)ccc1CNCC1CCC(=O)N1. The molecule has 1 saturated heterocycles. The van der Waals surface area contributed by atoms with Crippen molar-refractivity contribution < 1.29 is 14.3 Å². The Morgan fingerprint density at radius 3 is 2.72 bits per heavy atom. The van der Waals surface area contributed by atoms with Crippen LogP contribution in [0.4, 0.5) is 0 Å². The summed E-state index contributed by atoms with van der Waals surface area (Å²) in [5.41, 5.74) is 0.123. The molecule has 224 valence electrons. The first-order valence-corrected chi connectivity index (χ1v) is 14.3. The number of aromatic nitrogens is 3. The summed E-state index contributed by atoms with van der Waals surface area (Å²) in [6.45, 7) is 3.01. The van der Waals surface area contributed by atoms with Crippen LogP contribution in [0.5, 0.6) is 5.88 Å². The van der Waals surface area contributed by atoms with Gasteiger partial charge in [0.2, 0.25) is 11.8 Å². The number of allylic oxidation sites excluding steroid dienone is 2. The molecule has 2 amide bonds. The molecule has 0 saturated carbocycles. The number of nitrogens with zero attached hydrogens (tertiary/aromatic N) is 2. The Kier molecular flexibility index (Phi) is 8.65. The number of aromatic amines is 1. The van der Waals surface area contributed by atoms with Gasteiger partial charge >= 0.3 is 5.69 Å². The molecule has 1 aliphatic carbocycles. The highest BCUT2D eigenvalue weighted by atomic mass is 35.5. The van der Waals surface area contributed by atoms with Crippen molar-refractivity contribution in [2.75, 3.05) is 13.7 Å². The lowest BCUT2D eigenvalue weighted by molar-refractivity contribution is -0.119. The summed E-state index contributed by atoms with van der Waals surface area (Å²) in [6.07, 6.45) is 8.02. The minimum absolute atomic E-state index is 0.0577. The van der Waals surface area contributed by atoms with E-state index in [4.69, 9.17) is 21.3 Å². The van der Waals surface area contributed by atoms with E-state index in [1.54, 1.807) is 6.07 Å². The molecule has 0 radical (unpaired) electrons. The second kappa shape index (κ2) is 12.4. The van der Waals surface area contributed by atoms with Gasteiger partial charge in [0.05, 0.1) is 12.8 Å². The third-order valence-electron chi connectivity index (χ3n) is 8.06. The summed E-state index contributed by atoms with van der Waals surface area (Å²) in [5.74, 6) is -0.662. The van der Waals surface area contributed by atoms with Crippen LogP contribution in [0.1, 0.15) is 46.9 Å². The summed E-state index contributed by atoms with van der Waals surface area (Å²) < 4.78 is 6.52. The van der Waals surface area contributed by atoms with E-state index in [0.717, 1.165) is 33.9 Å². The van der Waals surface area contributed by atoms with E-state index in [1.165, 1.54) is 14.2 Å². The van der Waals surface area contributed by atoms with Crippen LogP contribution in [0.2, 0.25) is 5.02 Å². The van der Waals surface area contributed by atoms with Crippen LogP contribution in [0.15, 0.2) is 70.4 Å². The van der Waals surface area contributed by atoms with Crippen LogP contribution in [0.25, 0.3) is 5.57 Å². The van der Waals surface area contributed by atoms with Crippen molar-refractivity contribution in [3.63, 3.8) is 0 Å². The highest BCUT2D eigenvalue weighted by Crippen LogP contribution is 2.44.